The number of nitrogens with zero attached hydrogens (tertiary/aromatic N) is 1. The Hall–Kier alpha value is -0.620. The van der Waals surface area contributed by atoms with E-state index in [2.05, 4.69) is 0 Å². The van der Waals surface area contributed by atoms with Gasteiger partial charge in [0.15, 0.2) is 15.6 Å². The predicted molar refractivity (Wildman–Crippen MR) is 80.5 cm³/mol. The molecule has 0 bridgehead atoms. The van der Waals surface area contributed by atoms with Crippen LogP contribution in [-0.2, 0) is 9.84 Å². The van der Waals surface area contributed by atoms with E-state index in [0.29, 0.717) is 35.1 Å². The van der Waals surface area contributed by atoms with E-state index >= 15 is 0 Å². The molecule has 1 aliphatic rings. The molecule has 1 aromatic carbocycles. The first-order valence-corrected chi connectivity index (χ1v) is 8.86. The van der Waals surface area contributed by atoms with Gasteiger partial charge in [-0.15, -0.1) is 0 Å². The molecule has 1 aliphatic heterocycles. The number of Topliss-reactive ketones (excluding diaryl/α,β-unsaturated/α-hetero) is 1. The van der Waals surface area contributed by atoms with Crippen molar-refractivity contribution in [1.29, 1.82) is 0 Å². The summed E-state index contributed by atoms with van der Waals surface area (Å²) >= 11 is 11.7. The summed E-state index contributed by atoms with van der Waals surface area (Å²) in [6.45, 7) is 1.22. The molecule has 1 heterocycles. The molecule has 0 N–H and O–H groups in total. The van der Waals surface area contributed by atoms with Crippen molar-refractivity contribution in [3.8, 4) is 0 Å². The second kappa shape index (κ2) is 6.43. The fourth-order valence-electron chi connectivity index (χ4n) is 2.11. The van der Waals surface area contributed by atoms with E-state index in [0.717, 1.165) is 0 Å². The Bertz CT molecular complexity index is 616. The first-order valence-electron chi connectivity index (χ1n) is 6.28. The van der Waals surface area contributed by atoms with Crippen molar-refractivity contribution in [1.82, 2.24) is 4.90 Å². The van der Waals surface area contributed by atoms with Crippen LogP contribution in [0.25, 0.3) is 0 Å². The molecular weight excluding hydrogens is 321 g/mol. The van der Waals surface area contributed by atoms with Gasteiger partial charge in [0.1, 0.15) is 0 Å². The molecule has 1 fully saturated rings. The summed E-state index contributed by atoms with van der Waals surface area (Å²) in [5, 5.41) is 0.750. The summed E-state index contributed by atoms with van der Waals surface area (Å²) in [7, 11) is -2.96. The van der Waals surface area contributed by atoms with Gasteiger partial charge >= 0.3 is 0 Å². The zero-order valence-electron chi connectivity index (χ0n) is 10.8. The van der Waals surface area contributed by atoms with Crippen molar-refractivity contribution in [3.63, 3.8) is 0 Å². The van der Waals surface area contributed by atoms with Crippen molar-refractivity contribution in [3.05, 3.63) is 33.8 Å². The first-order chi connectivity index (χ1) is 9.37. The van der Waals surface area contributed by atoms with Gasteiger partial charge in [-0.25, -0.2) is 8.42 Å². The number of halogens is 2. The van der Waals surface area contributed by atoms with Crippen molar-refractivity contribution in [2.75, 3.05) is 31.1 Å². The summed E-state index contributed by atoms with van der Waals surface area (Å²) in [5.74, 6) is 0.231. The van der Waals surface area contributed by atoms with E-state index in [-0.39, 0.29) is 23.8 Å². The van der Waals surface area contributed by atoms with Gasteiger partial charge in [-0.2, -0.15) is 0 Å². The average Bonchev–Trinajstić information content (AvgIpc) is 2.54. The molecule has 4 nitrogen and oxygen atoms in total. The minimum absolute atomic E-state index is 0.0807. The number of sulfone groups is 1. The van der Waals surface area contributed by atoms with Gasteiger partial charge < -0.3 is 0 Å². The number of carbonyl (C=O) groups is 1. The zero-order valence-corrected chi connectivity index (χ0v) is 13.1. The van der Waals surface area contributed by atoms with Gasteiger partial charge in [0.2, 0.25) is 0 Å². The summed E-state index contributed by atoms with van der Waals surface area (Å²) in [6.07, 6.45) is 0.566. The molecule has 2 rings (SSSR count). The molecule has 0 aliphatic carbocycles. The average molecular weight is 336 g/mol. The Morgan fingerprint density at radius 3 is 2.60 bits per heavy atom. The Kier molecular flexibility index (Phi) is 5.07. The number of rotatable bonds is 3. The number of hydrogen-bond acceptors (Lipinski definition) is 4. The highest BCUT2D eigenvalue weighted by Crippen LogP contribution is 2.23. The maximum absolute atomic E-state index is 12.2. The van der Waals surface area contributed by atoms with Crippen LogP contribution in [0.4, 0.5) is 0 Å². The lowest BCUT2D eigenvalue weighted by molar-refractivity contribution is 0.0935. The lowest BCUT2D eigenvalue weighted by atomic mass is 10.1. The molecule has 0 amide bonds. The quantitative estimate of drug-likeness (QED) is 0.795. The van der Waals surface area contributed by atoms with Crippen LogP contribution in [0, 0.1) is 0 Å². The van der Waals surface area contributed by atoms with E-state index < -0.39 is 9.84 Å². The summed E-state index contributed by atoms with van der Waals surface area (Å²) in [4.78, 5) is 14.0. The van der Waals surface area contributed by atoms with Crippen molar-refractivity contribution < 1.29 is 13.2 Å². The monoisotopic (exact) mass is 335 g/mol. The Morgan fingerprint density at radius 2 is 1.90 bits per heavy atom. The normalized spacial score (nSPS) is 19.5. The molecule has 0 unspecified atom stereocenters. The van der Waals surface area contributed by atoms with Gasteiger partial charge in [-0.3, -0.25) is 9.69 Å². The van der Waals surface area contributed by atoms with Crippen LogP contribution >= 0.6 is 23.2 Å². The molecule has 1 saturated heterocycles. The fourth-order valence-corrected chi connectivity index (χ4v) is 3.72. The molecule has 0 radical (unpaired) electrons. The molecule has 0 saturated carbocycles. The van der Waals surface area contributed by atoms with E-state index in [1.807, 2.05) is 4.90 Å². The zero-order chi connectivity index (χ0) is 14.8. The molecular formula is C13H15Cl2NO3S. The Balaban J connectivity index is 2.02. The molecule has 0 spiro atoms. The standard InChI is InChI=1S/C13H15Cl2NO3S/c14-11-3-2-10(8-12(11)15)13(17)9-16-4-1-6-20(18,19)7-5-16/h2-3,8H,1,4-7,9H2. The molecule has 7 heteroatoms. The number of hydrogen-bond donors (Lipinski definition) is 0. The van der Waals surface area contributed by atoms with Gasteiger partial charge in [-0.1, -0.05) is 23.2 Å². The lowest BCUT2D eigenvalue weighted by Gasteiger charge is -2.18. The summed E-state index contributed by atoms with van der Waals surface area (Å²) in [5.41, 5.74) is 0.492. The maximum Gasteiger partial charge on any atom is 0.176 e. The topological polar surface area (TPSA) is 54.5 Å². The van der Waals surface area contributed by atoms with E-state index in [1.165, 1.54) is 0 Å². The third-order valence-electron chi connectivity index (χ3n) is 3.26. The third kappa shape index (κ3) is 4.19. The van der Waals surface area contributed by atoms with Gasteiger partial charge in [0, 0.05) is 12.1 Å². The number of benzene rings is 1. The highest BCUT2D eigenvalue weighted by molar-refractivity contribution is 7.91. The lowest BCUT2D eigenvalue weighted by Crippen LogP contribution is -2.32. The molecule has 110 valence electrons. The molecule has 0 aromatic heterocycles. The predicted octanol–water partition coefficient (Wildman–Crippen LogP) is 2.30. The first kappa shape index (κ1) is 15.8. The van der Waals surface area contributed by atoms with Crippen LogP contribution < -0.4 is 0 Å². The molecule has 0 atom stereocenters. The number of ketones is 1. The van der Waals surface area contributed by atoms with E-state index in [1.54, 1.807) is 18.2 Å². The van der Waals surface area contributed by atoms with Crippen molar-refractivity contribution in [2.45, 2.75) is 6.42 Å². The van der Waals surface area contributed by atoms with Crippen LogP contribution in [-0.4, -0.2) is 50.2 Å². The molecule has 20 heavy (non-hydrogen) atoms. The van der Waals surface area contributed by atoms with Crippen LogP contribution in [0.5, 0.6) is 0 Å². The summed E-state index contributed by atoms with van der Waals surface area (Å²) in [6, 6.07) is 4.76. The maximum atomic E-state index is 12.2. The molecule has 1 aromatic rings. The van der Waals surface area contributed by atoms with Crippen LogP contribution in [0.15, 0.2) is 18.2 Å². The second-order valence-corrected chi connectivity index (χ2v) is 7.95. The van der Waals surface area contributed by atoms with Gasteiger partial charge in [-0.05, 0) is 31.2 Å². The number of carbonyl (C=O) groups excluding carboxylic acids is 1. The van der Waals surface area contributed by atoms with Crippen LogP contribution in [0.1, 0.15) is 16.8 Å². The minimum atomic E-state index is -2.96. The van der Waals surface area contributed by atoms with Gasteiger partial charge in [0.25, 0.3) is 0 Å². The highest BCUT2D eigenvalue weighted by atomic mass is 35.5. The van der Waals surface area contributed by atoms with Gasteiger partial charge in [0.05, 0.1) is 28.1 Å². The smallest absolute Gasteiger partial charge is 0.176 e. The Labute approximate surface area is 128 Å². The van der Waals surface area contributed by atoms with Crippen LogP contribution in [0.3, 0.4) is 0 Å². The largest absolute Gasteiger partial charge is 0.295 e. The van der Waals surface area contributed by atoms with Crippen molar-refractivity contribution in [2.24, 2.45) is 0 Å². The van der Waals surface area contributed by atoms with E-state index in [9.17, 15) is 13.2 Å². The fraction of sp³-hybridized carbons (Fsp3) is 0.462. The van der Waals surface area contributed by atoms with Crippen molar-refractivity contribution >= 4 is 38.8 Å². The minimum Gasteiger partial charge on any atom is -0.295 e. The van der Waals surface area contributed by atoms with E-state index in [4.69, 9.17) is 23.2 Å². The Morgan fingerprint density at radius 1 is 1.15 bits per heavy atom. The van der Waals surface area contributed by atoms with Crippen LogP contribution in [0.2, 0.25) is 10.0 Å². The SMILES string of the molecule is O=C(CN1CCCS(=O)(=O)CC1)c1ccc(Cl)c(Cl)c1. The highest BCUT2D eigenvalue weighted by Gasteiger charge is 2.21. The third-order valence-corrected chi connectivity index (χ3v) is 5.71. The summed E-state index contributed by atoms with van der Waals surface area (Å²) < 4.78 is 23.0. The second-order valence-electron chi connectivity index (χ2n) is 4.83.